The van der Waals surface area contributed by atoms with Gasteiger partial charge in [0.1, 0.15) is 0 Å². The van der Waals surface area contributed by atoms with Gasteiger partial charge in [-0.3, -0.25) is 10.1 Å². The minimum absolute atomic E-state index is 0. The second-order valence-corrected chi connectivity index (χ2v) is 4.56. The molecule has 0 aromatic heterocycles. The van der Waals surface area contributed by atoms with Crippen LogP contribution in [0.3, 0.4) is 0 Å². The third-order valence-electron chi connectivity index (χ3n) is 0.411. The number of hydrogen-bond acceptors (Lipinski definition) is 4. The largest absolute Gasteiger partial charge is 1.00 e. The number of hydrogen-bond donors (Lipinski definition) is 1. The number of nitrogens with one attached hydrogen (secondary N) is 1. The van der Waals surface area contributed by atoms with Crippen molar-refractivity contribution in [2.24, 2.45) is 0 Å². The van der Waals surface area contributed by atoms with E-state index in [1.165, 1.54) is 0 Å². The van der Waals surface area contributed by atoms with E-state index in [0.717, 1.165) is 0 Å². The first-order valence-corrected chi connectivity index (χ1v) is 4.26. The molecule has 0 amide bonds. The quantitative estimate of drug-likeness (QED) is 0.114. The van der Waals surface area contributed by atoms with Crippen LogP contribution in [-0.4, -0.2) is 20.2 Å². The van der Waals surface area contributed by atoms with Gasteiger partial charge in [0.05, 0.1) is 4.92 Å². The van der Waals surface area contributed by atoms with Crippen molar-refractivity contribution in [3.05, 3.63) is 10.1 Å². The molecule has 0 aliphatic carbocycles. The van der Waals surface area contributed by atoms with Gasteiger partial charge in [0.15, 0.2) is 0 Å². The molecule has 4 nitrogen and oxygen atoms in total. The maximum absolute atomic E-state index is 9.43. The number of nitro groups is 1. The zero-order valence-corrected chi connectivity index (χ0v) is 12.6. The van der Waals surface area contributed by atoms with Crippen LogP contribution in [0.2, 0.25) is 0 Å². The summed E-state index contributed by atoms with van der Waals surface area (Å²) in [6.07, 6.45) is 0. The molecule has 0 fully saturated rings. The summed E-state index contributed by atoms with van der Waals surface area (Å²) in [7, 11) is 1.70. The Labute approximate surface area is 124 Å². The van der Waals surface area contributed by atoms with Gasteiger partial charge in [-0.15, -0.1) is 0 Å². The average Bonchev–Trinajstić information content (AvgIpc) is 1.87. The van der Waals surface area contributed by atoms with Crippen LogP contribution < -0.4 is 34.9 Å². The summed E-state index contributed by atoms with van der Waals surface area (Å²) in [6.45, 7) is 0. The molecule has 1 N–H and O–H groups in total. The van der Waals surface area contributed by atoms with Crippen molar-refractivity contribution in [3.8, 4) is 0 Å². The first-order valence-electron chi connectivity index (χ1n) is 2.31. The molecule has 0 saturated carbocycles. The fourth-order valence-corrected chi connectivity index (χ4v) is 0. The molecular formula is C3H4Cl3N2NaO2S2. The number of rotatable bonds is 0. The van der Waals surface area contributed by atoms with Gasteiger partial charge in [0.25, 0.3) is 0 Å². The molecule has 0 aromatic rings. The van der Waals surface area contributed by atoms with Crippen LogP contribution in [0.4, 0.5) is 0 Å². The van der Waals surface area contributed by atoms with Crippen LogP contribution in [0, 0.1) is 10.1 Å². The Morgan fingerprint density at radius 2 is 1.77 bits per heavy atom. The standard InChI is InChI=1S/C2H5NS2.CCl3NO2.Na/c1-3-2(4)5;2-1(3,4)5(6)7;/h1H3,(H2,3,4,5);;/q;;+1/p-1. The molecule has 0 rings (SSSR count). The SMILES string of the molecule is CNC(=S)[S-].O=[N+]([O-])C(Cl)(Cl)Cl.[Na+]. The summed E-state index contributed by atoms with van der Waals surface area (Å²) in [5.74, 6) is 0. The van der Waals surface area contributed by atoms with Crippen LogP contribution in [0.5, 0.6) is 0 Å². The molecule has 0 aliphatic heterocycles. The maximum atomic E-state index is 9.43. The normalized spacial score (nSPS) is 8.62. The van der Waals surface area contributed by atoms with E-state index >= 15 is 0 Å². The predicted molar refractivity (Wildman–Crippen MR) is 56.3 cm³/mol. The van der Waals surface area contributed by atoms with Crippen molar-refractivity contribution in [1.82, 2.24) is 5.32 Å². The van der Waals surface area contributed by atoms with Crippen molar-refractivity contribution in [2.75, 3.05) is 7.05 Å². The van der Waals surface area contributed by atoms with Crippen molar-refractivity contribution >= 4 is 64.0 Å². The molecule has 0 spiro atoms. The molecule has 0 radical (unpaired) electrons. The summed E-state index contributed by atoms with van der Waals surface area (Å²) in [5, 5.41) is 12.0. The van der Waals surface area contributed by atoms with E-state index in [0.29, 0.717) is 4.32 Å². The Balaban J connectivity index is -0.000000150. The summed E-state index contributed by atoms with van der Waals surface area (Å²) in [5.41, 5.74) is 0. The topological polar surface area (TPSA) is 55.2 Å². The summed E-state index contributed by atoms with van der Waals surface area (Å²) < 4.78 is -1.94. The van der Waals surface area contributed by atoms with Crippen molar-refractivity contribution in [2.45, 2.75) is 3.92 Å². The monoisotopic (exact) mass is 292 g/mol. The predicted octanol–water partition coefficient (Wildman–Crippen LogP) is -1.37. The second-order valence-electron chi connectivity index (χ2n) is 1.26. The molecule has 0 bridgehead atoms. The number of nitrogens with zero attached hydrogens (tertiary/aromatic N) is 1. The van der Waals surface area contributed by atoms with Crippen molar-refractivity contribution in [1.29, 1.82) is 0 Å². The first kappa shape index (κ1) is 19.9. The van der Waals surface area contributed by atoms with Gasteiger partial charge >= 0.3 is 33.5 Å². The van der Waals surface area contributed by atoms with Crippen LogP contribution >= 0.6 is 47.0 Å². The third kappa shape index (κ3) is 19.7. The molecule has 13 heavy (non-hydrogen) atoms. The molecule has 0 heterocycles. The van der Waals surface area contributed by atoms with E-state index < -0.39 is 8.84 Å². The fraction of sp³-hybridized carbons (Fsp3) is 0.667. The Morgan fingerprint density at radius 1 is 1.62 bits per heavy atom. The van der Waals surface area contributed by atoms with Gasteiger partial charge in [0.2, 0.25) is 0 Å². The molecule has 0 atom stereocenters. The first-order chi connectivity index (χ1) is 5.21. The zero-order chi connectivity index (χ0) is 10.4. The summed E-state index contributed by atoms with van der Waals surface area (Å²) in [4.78, 5) is 8.41. The van der Waals surface area contributed by atoms with Crippen molar-refractivity contribution < 1.29 is 34.5 Å². The van der Waals surface area contributed by atoms with E-state index in [-0.39, 0.29) is 29.6 Å². The Bertz CT molecular complexity index is 177. The van der Waals surface area contributed by atoms with Crippen LogP contribution in [0.15, 0.2) is 0 Å². The molecule has 0 unspecified atom stereocenters. The number of halogens is 3. The zero-order valence-electron chi connectivity index (χ0n) is 6.71. The fourth-order valence-electron chi connectivity index (χ4n) is 0. The number of alkyl halides is 3. The minimum atomic E-state index is -2.36. The van der Waals surface area contributed by atoms with Crippen LogP contribution in [-0.2, 0) is 12.6 Å². The van der Waals surface area contributed by atoms with Gasteiger partial charge in [-0.25, -0.2) is 0 Å². The Morgan fingerprint density at radius 3 is 1.77 bits per heavy atom. The van der Waals surface area contributed by atoms with Crippen LogP contribution in [0.25, 0.3) is 0 Å². The summed E-state index contributed by atoms with van der Waals surface area (Å²) >= 11 is 22.9. The van der Waals surface area contributed by atoms with Crippen LogP contribution in [0.1, 0.15) is 0 Å². The molecule has 0 saturated heterocycles. The van der Waals surface area contributed by atoms with E-state index in [1.807, 2.05) is 0 Å². The van der Waals surface area contributed by atoms with E-state index in [4.69, 9.17) is 34.8 Å². The van der Waals surface area contributed by atoms with E-state index in [9.17, 15) is 10.1 Å². The average molecular weight is 294 g/mol. The van der Waals surface area contributed by atoms with Gasteiger partial charge in [-0.2, -0.15) is 0 Å². The Hall–Kier alpha value is 1.38. The van der Waals surface area contributed by atoms with Gasteiger partial charge in [-0.1, -0.05) is 4.32 Å². The van der Waals surface area contributed by atoms with E-state index in [2.05, 4.69) is 30.2 Å². The second kappa shape index (κ2) is 9.92. The maximum Gasteiger partial charge on any atom is 1.00 e. The number of thiocarbonyl (C=S) groups is 1. The molecular weight excluding hydrogens is 290 g/mol. The Kier molecular flexibility index (Phi) is 15.2. The van der Waals surface area contributed by atoms with E-state index in [1.54, 1.807) is 7.05 Å². The minimum Gasteiger partial charge on any atom is -0.412 e. The summed E-state index contributed by atoms with van der Waals surface area (Å²) in [6, 6.07) is 0. The van der Waals surface area contributed by atoms with Crippen molar-refractivity contribution in [3.63, 3.8) is 0 Å². The molecule has 72 valence electrons. The molecule has 0 aromatic carbocycles. The molecule has 0 aliphatic rings. The molecule has 10 heteroatoms. The smallest absolute Gasteiger partial charge is 0.412 e. The van der Waals surface area contributed by atoms with Gasteiger partial charge in [0, 0.05) is 7.05 Å². The van der Waals surface area contributed by atoms with Gasteiger partial charge in [-0.05, 0) is 34.8 Å². The third-order valence-corrected chi connectivity index (χ3v) is 1.23. The van der Waals surface area contributed by atoms with Gasteiger partial charge < -0.3 is 30.2 Å².